The molecule has 3 aromatic carbocycles. The van der Waals surface area contributed by atoms with Crippen LogP contribution in [-0.2, 0) is 24.3 Å². The SMILES string of the molecule is Cc1cc(C)c(SN2Cc3ccccc3CC2C(=O)NCc2ccc(F)cc2)c(C)c1. The first kappa shape index (κ1) is 21.6. The van der Waals surface area contributed by atoms with Gasteiger partial charge in [-0.25, -0.2) is 8.70 Å². The van der Waals surface area contributed by atoms with Crippen LogP contribution < -0.4 is 5.32 Å². The predicted octanol–water partition coefficient (Wildman–Crippen LogP) is 5.50. The molecule has 0 aromatic heterocycles. The van der Waals surface area contributed by atoms with Gasteiger partial charge in [-0.2, -0.15) is 0 Å². The molecular formula is C26H27FN2OS. The van der Waals surface area contributed by atoms with Crippen molar-refractivity contribution < 1.29 is 9.18 Å². The van der Waals surface area contributed by atoms with E-state index in [2.05, 4.69) is 60.7 Å². The molecule has 3 aromatic rings. The van der Waals surface area contributed by atoms with Gasteiger partial charge in [-0.1, -0.05) is 54.1 Å². The second-order valence-electron chi connectivity index (χ2n) is 8.23. The minimum absolute atomic E-state index is 0.00579. The van der Waals surface area contributed by atoms with E-state index in [9.17, 15) is 9.18 Å². The zero-order chi connectivity index (χ0) is 22.0. The Balaban J connectivity index is 1.57. The van der Waals surface area contributed by atoms with Crippen molar-refractivity contribution in [2.45, 2.75) is 51.2 Å². The van der Waals surface area contributed by atoms with Crippen LogP contribution in [0.15, 0.2) is 65.6 Å². The highest BCUT2D eigenvalue weighted by atomic mass is 32.2. The third-order valence-electron chi connectivity index (χ3n) is 5.70. The molecule has 1 heterocycles. The quantitative estimate of drug-likeness (QED) is 0.538. The van der Waals surface area contributed by atoms with Crippen LogP contribution in [0.3, 0.4) is 0 Å². The highest BCUT2D eigenvalue weighted by molar-refractivity contribution is 7.97. The van der Waals surface area contributed by atoms with Gasteiger partial charge in [-0.05, 0) is 79.1 Å². The van der Waals surface area contributed by atoms with Gasteiger partial charge in [0.05, 0.1) is 0 Å². The van der Waals surface area contributed by atoms with Crippen molar-refractivity contribution in [1.82, 2.24) is 9.62 Å². The zero-order valence-electron chi connectivity index (χ0n) is 18.1. The van der Waals surface area contributed by atoms with E-state index >= 15 is 0 Å². The summed E-state index contributed by atoms with van der Waals surface area (Å²) in [6, 6.07) is 18.7. The van der Waals surface area contributed by atoms with Crippen LogP contribution in [0.25, 0.3) is 0 Å². The van der Waals surface area contributed by atoms with E-state index in [4.69, 9.17) is 0 Å². The summed E-state index contributed by atoms with van der Waals surface area (Å²) in [6.45, 7) is 7.46. The summed E-state index contributed by atoms with van der Waals surface area (Å²) in [5, 5.41) is 3.06. The van der Waals surface area contributed by atoms with Crippen LogP contribution in [0, 0.1) is 26.6 Å². The third-order valence-corrected chi connectivity index (χ3v) is 7.15. The number of carbonyl (C=O) groups excluding carboxylic acids is 1. The number of nitrogens with one attached hydrogen (secondary N) is 1. The third kappa shape index (κ3) is 5.00. The maximum atomic E-state index is 13.2. The zero-order valence-corrected chi connectivity index (χ0v) is 18.9. The van der Waals surface area contributed by atoms with E-state index in [1.54, 1.807) is 24.1 Å². The molecule has 3 nitrogen and oxygen atoms in total. The number of fused-ring (bicyclic) bond motifs is 1. The minimum Gasteiger partial charge on any atom is -0.351 e. The number of hydrogen-bond donors (Lipinski definition) is 1. The summed E-state index contributed by atoms with van der Waals surface area (Å²) in [6.07, 6.45) is 0.669. The number of benzene rings is 3. The Bertz CT molecular complexity index is 1070. The molecule has 0 saturated heterocycles. The van der Waals surface area contributed by atoms with Gasteiger partial charge in [0.2, 0.25) is 5.91 Å². The van der Waals surface area contributed by atoms with E-state index in [-0.39, 0.29) is 17.8 Å². The molecule has 1 atom stereocenters. The fourth-order valence-corrected chi connectivity index (χ4v) is 5.30. The molecule has 0 radical (unpaired) electrons. The smallest absolute Gasteiger partial charge is 0.238 e. The number of halogens is 1. The summed E-state index contributed by atoms with van der Waals surface area (Å²) in [7, 11) is 0. The molecule has 1 aliphatic heterocycles. The Morgan fingerprint density at radius 2 is 1.68 bits per heavy atom. The van der Waals surface area contributed by atoms with Crippen molar-refractivity contribution in [3.05, 3.63) is 99.9 Å². The molecule has 160 valence electrons. The van der Waals surface area contributed by atoms with Gasteiger partial charge in [0.1, 0.15) is 11.9 Å². The number of hydrogen-bond acceptors (Lipinski definition) is 3. The van der Waals surface area contributed by atoms with E-state index in [0.717, 1.165) is 5.56 Å². The van der Waals surface area contributed by atoms with Crippen LogP contribution in [-0.4, -0.2) is 16.3 Å². The van der Waals surface area contributed by atoms with E-state index < -0.39 is 0 Å². The molecule has 4 rings (SSSR count). The van der Waals surface area contributed by atoms with Crippen molar-refractivity contribution >= 4 is 17.9 Å². The lowest BCUT2D eigenvalue weighted by Crippen LogP contribution is -2.47. The summed E-state index contributed by atoms with van der Waals surface area (Å²) >= 11 is 1.67. The number of carbonyl (C=O) groups is 1. The Morgan fingerprint density at radius 1 is 1.03 bits per heavy atom. The molecule has 0 fully saturated rings. The fourth-order valence-electron chi connectivity index (χ4n) is 4.16. The molecule has 5 heteroatoms. The van der Waals surface area contributed by atoms with Crippen molar-refractivity contribution in [2.24, 2.45) is 0 Å². The Hall–Kier alpha value is -2.63. The predicted molar refractivity (Wildman–Crippen MR) is 124 cm³/mol. The standard InChI is InChI=1S/C26H27FN2OS/c1-17-12-18(2)25(19(3)13-17)31-29-16-22-7-5-4-6-21(22)14-24(29)26(30)28-15-20-8-10-23(27)11-9-20/h4-13,24H,14-16H2,1-3H3,(H,28,30). The molecule has 0 bridgehead atoms. The van der Waals surface area contributed by atoms with Gasteiger partial charge in [-0.3, -0.25) is 4.79 Å². The fraction of sp³-hybridized carbons (Fsp3) is 0.269. The molecule has 1 N–H and O–H groups in total. The van der Waals surface area contributed by atoms with Crippen LogP contribution in [0.4, 0.5) is 4.39 Å². The topological polar surface area (TPSA) is 32.3 Å². The first-order valence-corrected chi connectivity index (χ1v) is 11.3. The molecule has 1 unspecified atom stereocenters. The second kappa shape index (κ2) is 9.25. The lowest BCUT2D eigenvalue weighted by molar-refractivity contribution is -0.125. The van der Waals surface area contributed by atoms with Crippen molar-refractivity contribution in [3.63, 3.8) is 0 Å². The first-order valence-electron chi connectivity index (χ1n) is 10.5. The lowest BCUT2D eigenvalue weighted by atomic mass is 9.95. The largest absolute Gasteiger partial charge is 0.351 e. The Labute approximate surface area is 187 Å². The Kier molecular flexibility index (Phi) is 6.44. The van der Waals surface area contributed by atoms with Crippen molar-refractivity contribution in [3.8, 4) is 0 Å². The van der Waals surface area contributed by atoms with Crippen LogP contribution in [0.5, 0.6) is 0 Å². The molecule has 0 saturated carbocycles. The van der Waals surface area contributed by atoms with Crippen molar-refractivity contribution in [1.29, 1.82) is 0 Å². The van der Waals surface area contributed by atoms with Crippen LogP contribution in [0.2, 0.25) is 0 Å². The second-order valence-corrected chi connectivity index (χ2v) is 9.29. The van der Waals surface area contributed by atoms with Crippen LogP contribution in [0.1, 0.15) is 33.4 Å². The van der Waals surface area contributed by atoms with Gasteiger partial charge in [0.25, 0.3) is 0 Å². The molecular weight excluding hydrogens is 407 g/mol. The maximum absolute atomic E-state index is 13.2. The van der Waals surface area contributed by atoms with Gasteiger partial charge in [0.15, 0.2) is 0 Å². The normalized spacial score (nSPS) is 16.1. The monoisotopic (exact) mass is 434 g/mol. The highest BCUT2D eigenvalue weighted by Crippen LogP contribution is 2.36. The van der Waals surface area contributed by atoms with Gasteiger partial charge in [-0.15, -0.1) is 0 Å². The molecule has 1 amide bonds. The molecule has 0 spiro atoms. The highest BCUT2D eigenvalue weighted by Gasteiger charge is 2.32. The average molecular weight is 435 g/mol. The summed E-state index contributed by atoms with van der Waals surface area (Å²) in [5.74, 6) is -0.279. The van der Waals surface area contributed by atoms with Gasteiger partial charge < -0.3 is 5.32 Å². The minimum atomic E-state index is -0.277. The maximum Gasteiger partial charge on any atom is 0.238 e. The number of rotatable bonds is 5. The van der Waals surface area contributed by atoms with E-state index in [0.29, 0.717) is 19.5 Å². The van der Waals surface area contributed by atoms with Gasteiger partial charge >= 0.3 is 0 Å². The molecule has 0 aliphatic carbocycles. The van der Waals surface area contributed by atoms with E-state index in [1.807, 2.05) is 6.07 Å². The summed E-state index contributed by atoms with van der Waals surface area (Å²) in [5.41, 5.74) is 7.07. The number of amides is 1. The van der Waals surface area contributed by atoms with Gasteiger partial charge in [0, 0.05) is 18.0 Å². The van der Waals surface area contributed by atoms with Crippen molar-refractivity contribution in [2.75, 3.05) is 0 Å². The summed E-state index contributed by atoms with van der Waals surface area (Å²) < 4.78 is 15.4. The van der Waals surface area contributed by atoms with Crippen LogP contribution >= 0.6 is 11.9 Å². The lowest BCUT2D eigenvalue weighted by Gasteiger charge is -2.35. The molecule has 1 aliphatic rings. The number of aryl methyl sites for hydroxylation is 3. The number of nitrogens with zero attached hydrogens (tertiary/aromatic N) is 1. The Morgan fingerprint density at radius 3 is 2.35 bits per heavy atom. The average Bonchev–Trinajstić information content (AvgIpc) is 2.75. The first-order chi connectivity index (χ1) is 14.9. The summed E-state index contributed by atoms with van der Waals surface area (Å²) in [4.78, 5) is 14.4. The van der Waals surface area contributed by atoms with E-state index in [1.165, 1.54) is 44.8 Å². The molecule has 31 heavy (non-hydrogen) atoms.